The fourth-order valence-corrected chi connectivity index (χ4v) is 2.14. The molecule has 1 heterocycles. The lowest BCUT2D eigenvalue weighted by Gasteiger charge is -2.28. The number of amides is 1. The van der Waals surface area contributed by atoms with Gasteiger partial charge in [0.05, 0.1) is 5.92 Å². The molecule has 0 unspecified atom stereocenters. The average molecular weight is 204 g/mol. The van der Waals surface area contributed by atoms with Crippen LogP contribution in [0.15, 0.2) is 30.3 Å². The SMILES string of the molecule is NC(=O)[C@@H]1CNC[C@@H](c2ccccc2)C1. The number of hydrogen-bond acceptors (Lipinski definition) is 2. The van der Waals surface area contributed by atoms with Gasteiger partial charge in [0.25, 0.3) is 0 Å². The molecule has 0 spiro atoms. The largest absolute Gasteiger partial charge is 0.369 e. The van der Waals surface area contributed by atoms with Crippen LogP contribution in [0.4, 0.5) is 0 Å². The monoisotopic (exact) mass is 204 g/mol. The zero-order valence-electron chi connectivity index (χ0n) is 8.65. The van der Waals surface area contributed by atoms with E-state index in [0.29, 0.717) is 5.92 Å². The first-order valence-electron chi connectivity index (χ1n) is 5.32. The number of hydrogen-bond donors (Lipinski definition) is 2. The van der Waals surface area contributed by atoms with E-state index in [1.807, 2.05) is 18.2 Å². The molecule has 1 aliphatic rings. The molecule has 1 aromatic carbocycles. The maximum atomic E-state index is 11.1. The molecule has 0 saturated carbocycles. The Balaban J connectivity index is 2.08. The second-order valence-corrected chi connectivity index (χ2v) is 4.10. The van der Waals surface area contributed by atoms with E-state index in [1.54, 1.807) is 0 Å². The number of rotatable bonds is 2. The van der Waals surface area contributed by atoms with Gasteiger partial charge < -0.3 is 11.1 Å². The predicted molar refractivity (Wildman–Crippen MR) is 59.4 cm³/mol. The van der Waals surface area contributed by atoms with E-state index in [0.717, 1.165) is 19.5 Å². The van der Waals surface area contributed by atoms with Crippen LogP contribution < -0.4 is 11.1 Å². The van der Waals surface area contributed by atoms with Gasteiger partial charge in [0.2, 0.25) is 5.91 Å². The Labute approximate surface area is 89.7 Å². The molecule has 1 fully saturated rings. The summed E-state index contributed by atoms with van der Waals surface area (Å²) in [6.07, 6.45) is 0.867. The van der Waals surface area contributed by atoms with Crippen LogP contribution >= 0.6 is 0 Å². The summed E-state index contributed by atoms with van der Waals surface area (Å²) in [5, 5.41) is 3.26. The van der Waals surface area contributed by atoms with Gasteiger partial charge in [-0.15, -0.1) is 0 Å². The van der Waals surface area contributed by atoms with E-state index < -0.39 is 0 Å². The Bertz CT molecular complexity index is 337. The highest BCUT2D eigenvalue weighted by Crippen LogP contribution is 2.25. The molecule has 0 aromatic heterocycles. The molecule has 15 heavy (non-hydrogen) atoms. The highest BCUT2D eigenvalue weighted by Gasteiger charge is 2.25. The summed E-state index contributed by atoms with van der Waals surface area (Å²) in [5.74, 6) is 0.199. The quantitative estimate of drug-likeness (QED) is 0.751. The zero-order chi connectivity index (χ0) is 10.7. The van der Waals surface area contributed by atoms with E-state index in [-0.39, 0.29) is 11.8 Å². The van der Waals surface area contributed by atoms with E-state index in [4.69, 9.17) is 5.73 Å². The molecule has 1 amide bonds. The summed E-state index contributed by atoms with van der Waals surface area (Å²) in [7, 11) is 0. The topological polar surface area (TPSA) is 55.1 Å². The second-order valence-electron chi connectivity index (χ2n) is 4.10. The lowest BCUT2D eigenvalue weighted by molar-refractivity contribution is -0.122. The minimum absolute atomic E-state index is 0.0241. The number of primary amides is 1. The number of nitrogens with one attached hydrogen (secondary N) is 1. The lowest BCUT2D eigenvalue weighted by atomic mass is 9.85. The molecule has 1 saturated heterocycles. The van der Waals surface area contributed by atoms with Crippen molar-refractivity contribution in [2.24, 2.45) is 11.7 Å². The van der Waals surface area contributed by atoms with Crippen molar-refractivity contribution in [1.29, 1.82) is 0 Å². The van der Waals surface area contributed by atoms with E-state index in [1.165, 1.54) is 5.56 Å². The van der Waals surface area contributed by atoms with Crippen LogP contribution in [0.2, 0.25) is 0 Å². The van der Waals surface area contributed by atoms with Crippen LogP contribution in [0.25, 0.3) is 0 Å². The Morgan fingerprint density at radius 3 is 2.67 bits per heavy atom. The third kappa shape index (κ3) is 2.36. The second kappa shape index (κ2) is 4.45. The Morgan fingerprint density at radius 1 is 1.27 bits per heavy atom. The van der Waals surface area contributed by atoms with Gasteiger partial charge in [-0.25, -0.2) is 0 Å². The maximum absolute atomic E-state index is 11.1. The number of carbonyl (C=O) groups is 1. The number of carbonyl (C=O) groups excluding carboxylic acids is 1. The molecule has 1 aromatic rings. The van der Waals surface area contributed by atoms with E-state index >= 15 is 0 Å². The smallest absolute Gasteiger partial charge is 0.221 e. The number of benzene rings is 1. The molecular weight excluding hydrogens is 188 g/mol. The molecule has 80 valence electrons. The van der Waals surface area contributed by atoms with Crippen molar-refractivity contribution in [2.45, 2.75) is 12.3 Å². The van der Waals surface area contributed by atoms with Crippen molar-refractivity contribution in [2.75, 3.05) is 13.1 Å². The van der Waals surface area contributed by atoms with Crippen molar-refractivity contribution in [1.82, 2.24) is 5.32 Å². The van der Waals surface area contributed by atoms with Crippen LogP contribution in [0.1, 0.15) is 17.9 Å². The summed E-state index contributed by atoms with van der Waals surface area (Å²) < 4.78 is 0. The first-order chi connectivity index (χ1) is 7.27. The Hall–Kier alpha value is -1.35. The summed E-state index contributed by atoms with van der Waals surface area (Å²) in [5.41, 5.74) is 6.62. The molecule has 0 bridgehead atoms. The Kier molecular flexibility index (Phi) is 3.02. The molecule has 3 nitrogen and oxygen atoms in total. The van der Waals surface area contributed by atoms with Crippen molar-refractivity contribution in [3.63, 3.8) is 0 Å². The van der Waals surface area contributed by atoms with Crippen molar-refractivity contribution in [3.8, 4) is 0 Å². The lowest BCUT2D eigenvalue weighted by Crippen LogP contribution is -2.41. The molecular formula is C12H16N2O. The van der Waals surface area contributed by atoms with Gasteiger partial charge >= 0.3 is 0 Å². The molecule has 1 aliphatic heterocycles. The van der Waals surface area contributed by atoms with Crippen LogP contribution in [0.5, 0.6) is 0 Å². The molecule has 0 radical (unpaired) electrons. The zero-order valence-corrected chi connectivity index (χ0v) is 8.65. The summed E-state index contributed by atoms with van der Waals surface area (Å²) in [6, 6.07) is 10.3. The standard InChI is InChI=1S/C12H16N2O/c13-12(15)11-6-10(7-14-8-11)9-4-2-1-3-5-9/h1-5,10-11,14H,6-8H2,(H2,13,15)/t10-,11-/m0/s1. The average Bonchev–Trinajstić information content (AvgIpc) is 2.30. The molecule has 2 atom stereocenters. The van der Waals surface area contributed by atoms with Crippen molar-refractivity contribution < 1.29 is 4.79 Å². The molecule has 2 rings (SSSR count). The van der Waals surface area contributed by atoms with Gasteiger partial charge in [0.1, 0.15) is 0 Å². The summed E-state index contributed by atoms with van der Waals surface area (Å²) >= 11 is 0. The van der Waals surface area contributed by atoms with Crippen molar-refractivity contribution >= 4 is 5.91 Å². The first-order valence-corrected chi connectivity index (χ1v) is 5.32. The van der Waals surface area contributed by atoms with Gasteiger partial charge in [-0.3, -0.25) is 4.79 Å². The fourth-order valence-electron chi connectivity index (χ4n) is 2.14. The van der Waals surface area contributed by atoms with Crippen LogP contribution in [-0.4, -0.2) is 19.0 Å². The molecule has 0 aliphatic carbocycles. The van der Waals surface area contributed by atoms with Gasteiger partial charge in [-0.2, -0.15) is 0 Å². The van der Waals surface area contributed by atoms with Crippen LogP contribution in [0.3, 0.4) is 0 Å². The van der Waals surface area contributed by atoms with Crippen molar-refractivity contribution in [3.05, 3.63) is 35.9 Å². The third-order valence-corrected chi connectivity index (χ3v) is 3.02. The van der Waals surface area contributed by atoms with E-state index in [2.05, 4.69) is 17.4 Å². The van der Waals surface area contributed by atoms with Crippen LogP contribution in [-0.2, 0) is 4.79 Å². The van der Waals surface area contributed by atoms with Gasteiger partial charge in [-0.05, 0) is 17.9 Å². The van der Waals surface area contributed by atoms with Gasteiger partial charge in [0.15, 0.2) is 0 Å². The number of piperidine rings is 1. The third-order valence-electron chi connectivity index (χ3n) is 3.02. The summed E-state index contributed by atoms with van der Waals surface area (Å²) in [6.45, 7) is 1.66. The summed E-state index contributed by atoms with van der Waals surface area (Å²) in [4.78, 5) is 11.1. The first kappa shape index (κ1) is 10.2. The van der Waals surface area contributed by atoms with Gasteiger partial charge in [0, 0.05) is 13.1 Å². The minimum Gasteiger partial charge on any atom is -0.369 e. The van der Waals surface area contributed by atoms with Crippen LogP contribution in [0, 0.1) is 5.92 Å². The molecule has 3 N–H and O–H groups in total. The van der Waals surface area contributed by atoms with E-state index in [9.17, 15) is 4.79 Å². The highest BCUT2D eigenvalue weighted by atomic mass is 16.1. The predicted octanol–water partition coefficient (Wildman–Crippen LogP) is 0.865. The maximum Gasteiger partial charge on any atom is 0.221 e. The highest BCUT2D eigenvalue weighted by molar-refractivity contribution is 5.77. The minimum atomic E-state index is -0.192. The normalized spacial score (nSPS) is 26.1. The number of nitrogens with two attached hydrogens (primary N) is 1. The fraction of sp³-hybridized carbons (Fsp3) is 0.417. The molecule has 3 heteroatoms. The van der Waals surface area contributed by atoms with Gasteiger partial charge in [-0.1, -0.05) is 30.3 Å². The Morgan fingerprint density at radius 2 is 2.00 bits per heavy atom.